The first-order valence-electron chi connectivity index (χ1n) is 5.83. The Bertz CT molecular complexity index is 604. The molecule has 1 amide bonds. The third-order valence-corrected chi connectivity index (χ3v) is 2.98. The normalized spacial score (nSPS) is 16.7. The smallest absolute Gasteiger partial charge is 0.415 e. The lowest BCUT2D eigenvalue weighted by Gasteiger charge is -2.29. The predicted octanol–water partition coefficient (Wildman–Crippen LogP) is 2.70. The van der Waals surface area contributed by atoms with Crippen molar-refractivity contribution >= 4 is 6.09 Å². The average Bonchev–Trinajstić information content (AvgIpc) is 2.38. The number of hydrogen-bond acceptors (Lipinski definition) is 3. The van der Waals surface area contributed by atoms with Crippen molar-refractivity contribution in [2.24, 2.45) is 0 Å². The Balaban J connectivity index is 1.95. The van der Waals surface area contributed by atoms with E-state index in [1.807, 2.05) is 29.2 Å². The lowest BCUT2D eigenvalue weighted by atomic mass is 10.1. The van der Waals surface area contributed by atoms with Gasteiger partial charge in [0.1, 0.15) is 5.75 Å². The summed E-state index contributed by atoms with van der Waals surface area (Å²) >= 11 is 0. The molecule has 0 atom stereocenters. The monoisotopic (exact) mass is 256 g/mol. The van der Waals surface area contributed by atoms with Crippen LogP contribution in [0.1, 0.15) is 5.56 Å². The molecule has 2 aliphatic rings. The van der Waals surface area contributed by atoms with Crippen LogP contribution in [0.15, 0.2) is 60.9 Å². The van der Waals surface area contributed by atoms with Gasteiger partial charge >= 0.3 is 6.09 Å². The molecule has 0 bridgehead atoms. The molecule has 0 saturated carbocycles. The van der Waals surface area contributed by atoms with Gasteiger partial charge < -0.3 is 14.7 Å². The van der Waals surface area contributed by atoms with Gasteiger partial charge in [0.15, 0.2) is 0 Å². The summed E-state index contributed by atoms with van der Waals surface area (Å²) in [6, 6.07) is 7.77. The highest BCUT2D eigenvalue weighted by atomic mass is 16.5. The van der Waals surface area contributed by atoms with Gasteiger partial charge in [-0.1, -0.05) is 18.2 Å². The summed E-state index contributed by atoms with van der Waals surface area (Å²) in [5.74, 6) is 0.812. The van der Waals surface area contributed by atoms with E-state index in [0.29, 0.717) is 6.54 Å². The lowest BCUT2D eigenvalue weighted by molar-refractivity contribution is 0.173. The molecule has 1 aromatic rings. The Hall–Kier alpha value is -2.69. The molecule has 2 heterocycles. The maximum absolute atomic E-state index is 10.9. The maximum atomic E-state index is 10.9. The molecule has 96 valence electrons. The Kier molecular flexibility index (Phi) is 2.72. The number of benzene rings is 1. The van der Waals surface area contributed by atoms with Crippen LogP contribution in [0.5, 0.6) is 5.75 Å². The van der Waals surface area contributed by atoms with E-state index in [9.17, 15) is 4.79 Å². The van der Waals surface area contributed by atoms with Crippen LogP contribution in [0.3, 0.4) is 0 Å². The highest BCUT2D eigenvalue weighted by molar-refractivity contribution is 5.68. The number of para-hydroxylation sites is 1. The van der Waals surface area contributed by atoms with Crippen LogP contribution in [0.2, 0.25) is 0 Å². The van der Waals surface area contributed by atoms with Crippen LogP contribution in [0.4, 0.5) is 4.79 Å². The van der Waals surface area contributed by atoms with Crippen molar-refractivity contribution in [3.63, 3.8) is 0 Å². The highest BCUT2D eigenvalue weighted by Gasteiger charge is 2.18. The quantitative estimate of drug-likeness (QED) is 0.775. The molecule has 0 aromatic heterocycles. The van der Waals surface area contributed by atoms with E-state index in [1.165, 1.54) is 6.20 Å². The summed E-state index contributed by atoms with van der Waals surface area (Å²) < 4.78 is 5.54. The maximum Gasteiger partial charge on any atom is 0.415 e. The Morgan fingerprint density at radius 3 is 2.95 bits per heavy atom. The van der Waals surface area contributed by atoms with Gasteiger partial charge in [0.05, 0.1) is 18.5 Å². The van der Waals surface area contributed by atoms with Gasteiger partial charge in [-0.3, -0.25) is 4.90 Å². The molecule has 5 nitrogen and oxygen atoms in total. The molecule has 1 N–H and O–H groups in total. The molecular weight excluding hydrogens is 244 g/mol. The first-order valence-corrected chi connectivity index (χ1v) is 5.83. The fourth-order valence-electron chi connectivity index (χ4n) is 2.01. The zero-order valence-corrected chi connectivity index (χ0v) is 10.1. The minimum absolute atomic E-state index is 0.635. The predicted molar refractivity (Wildman–Crippen MR) is 68.8 cm³/mol. The van der Waals surface area contributed by atoms with Gasteiger partial charge in [0, 0.05) is 24.2 Å². The second-order valence-corrected chi connectivity index (χ2v) is 4.20. The number of ether oxygens (including phenoxy) is 1. The first-order chi connectivity index (χ1) is 9.24. The molecule has 0 spiro atoms. The van der Waals surface area contributed by atoms with Crippen molar-refractivity contribution in [2.75, 3.05) is 0 Å². The standard InChI is InChI=1S/C14H12N2O3/c17-14(18)16-7-6-15-9-11-3-1-2-4-13(11)19-8-5-12(15)10-16/h1-8,10H,9H2,(H,17,18). The van der Waals surface area contributed by atoms with Gasteiger partial charge in [0.25, 0.3) is 0 Å². The van der Waals surface area contributed by atoms with Crippen LogP contribution >= 0.6 is 0 Å². The third kappa shape index (κ3) is 2.18. The average molecular weight is 256 g/mol. The summed E-state index contributed by atoms with van der Waals surface area (Å²) in [6.45, 7) is 0.635. The van der Waals surface area contributed by atoms with Gasteiger partial charge in [-0.05, 0) is 12.1 Å². The Morgan fingerprint density at radius 2 is 2.11 bits per heavy atom. The highest BCUT2D eigenvalue weighted by Crippen LogP contribution is 2.26. The van der Waals surface area contributed by atoms with E-state index in [0.717, 1.165) is 21.9 Å². The van der Waals surface area contributed by atoms with E-state index in [-0.39, 0.29) is 0 Å². The topological polar surface area (TPSA) is 53.0 Å². The minimum Gasteiger partial charge on any atom is -0.465 e. The van der Waals surface area contributed by atoms with Crippen molar-refractivity contribution in [3.05, 3.63) is 66.5 Å². The molecule has 0 saturated heterocycles. The van der Waals surface area contributed by atoms with Crippen molar-refractivity contribution in [3.8, 4) is 5.75 Å². The summed E-state index contributed by atoms with van der Waals surface area (Å²) in [5.41, 5.74) is 1.81. The Labute approximate surface area is 110 Å². The number of allylic oxidation sites excluding steroid dienone is 1. The van der Waals surface area contributed by atoms with Crippen LogP contribution in [-0.4, -0.2) is 21.0 Å². The second kappa shape index (κ2) is 4.53. The number of hydrogen-bond donors (Lipinski definition) is 1. The van der Waals surface area contributed by atoms with Crippen LogP contribution < -0.4 is 4.74 Å². The molecule has 0 aliphatic carbocycles. The number of amides is 1. The molecule has 0 unspecified atom stereocenters. The molecule has 5 heteroatoms. The largest absolute Gasteiger partial charge is 0.465 e. The van der Waals surface area contributed by atoms with Crippen molar-refractivity contribution in [1.82, 2.24) is 9.80 Å². The third-order valence-electron chi connectivity index (χ3n) is 2.98. The number of carboxylic acid groups (broad SMARTS) is 1. The summed E-state index contributed by atoms with van der Waals surface area (Å²) in [7, 11) is 0. The van der Waals surface area contributed by atoms with E-state index in [2.05, 4.69) is 0 Å². The number of carbonyl (C=O) groups is 1. The summed E-state index contributed by atoms with van der Waals surface area (Å²) in [6.07, 6.45) is 7.11. The van der Waals surface area contributed by atoms with Crippen LogP contribution in [0.25, 0.3) is 0 Å². The number of nitrogens with zero attached hydrogens (tertiary/aromatic N) is 2. The lowest BCUT2D eigenvalue weighted by Crippen LogP contribution is -2.27. The number of fused-ring (bicyclic) bond motifs is 2. The van der Waals surface area contributed by atoms with Gasteiger partial charge in [-0.25, -0.2) is 4.79 Å². The van der Waals surface area contributed by atoms with Crippen molar-refractivity contribution in [2.45, 2.75) is 6.54 Å². The first kappa shape index (κ1) is 11.4. The molecule has 2 aliphatic heterocycles. The SMILES string of the molecule is O=C(O)N1C=CN2Cc3ccccc3OC=CC2=C1. The fraction of sp³-hybridized carbons (Fsp3) is 0.0714. The van der Waals surface area contributed by atoms with Crippen molar-refractivity contribution < 1.29 is 14.6 Å². The van der Waals surface area contributed by atoms with Crippen molar-refractivity contribution in [1.29, 1.82) is 0 Å². The molecule has 0 fully saturated rings. The molecule has 0 radical (unpaired) electrons. The van der Waals surface area contributed by atoms with Crippen LogP contribution in [0, 0.1) is 0 Å². The number of rotatable bonds is 0. The van der Waals surface area contributed by atoms with E-state index in [4.69, 9.17) is 9.84 Å². The zero-order chi connectivity index (χ0) is 13.2. The molecule has 3 rings (SSSR count). The van der Waals surface area contributed by atoms with Gasteiger partial charge in [-0.2, -0.15) is 0 Å². The molecular formula is C14H12N2O3. The van der Waals surface area contributed by atoms with Gasteiger partial charge in [0.2, 0.25) is 0 Å². The van der Waals surface area contributed by atoms with E-state index >= 15 is 0 Å². The summed E-state index contributed by atoms with van der Waals surface area (Å²) in [4.78, 5) is 14.0. The Morgan fingerprint density at radius 1 is 1.26 bits per heavy atom. The van der Waals surface area contributed by atoms with E-state index in [1.54, 1.807) is 24.7 Å². The van der Waals surface area contributed by atoms with Crippen LogP contribution in [-0.2, 0) is 6.54 Å². The van der Waals surface area contributed by atoms with Gasteiger partial charge in [-0.15, -0.1) is 0 Å². The fourth-order valence-corrected chi connectivity index (χ4v) is 2.01. The molecule has 1 aromatic carbocycles. The zero-order valence-electron chi connectivity index (χ0n) is 10.1. The summed E-state index contributed by atoms with van der Waals surface area (Å²) in [5, 5.41) is 8.97. The second-order valence-electron chi connectivity index (χ2n) is 4.20. The van der Waals surface area contributed by atoms with E-state index < -0.39 is 6.09 Å². The minimum atomic E-state index is -1.01. The molecule has 19 heavy (non-hydrogen) atoms.